The van der Waals surface area contributed by atoms with Gasteiger partial charge in [0.2, 0.25) is 0 Å². The Morgan fingerprint density at radius 2 is 1.89 bits per heavy atom. The quantitative estimate of drug-likeness (QED) is 0.853. The number of alkyl halides is 3. The van der Waals surface area contributed by atoms with Gasteiger partial charge in [0.15, 0.2) is 5.76 Å². The summed E-state index contributed by atoms with van der Waals surface area (Å²) in [5.41, 5.74) is 1.72. The van der Waals surface area contributed by atoms with E-state index in [1.807, 2.05) is 6.92 Å². The monoisotopic (exact) mass is 382 g/mol. The fourth-order valence-corrected chi connectivity index (χ4v) is 3.15. The van der Waals surface area contributed by atoms with Gasteiger partial charge in [-0.25, -0.2) is 0 Å². The number of carbonyl (C=O) groups excluding carboxylic acids is 1. The van der Waals surface area contributed by atoms with Gasteiger partial charge in [-0.05, 0) is 43.5 Å². The number of furan rings is 1. The molecule has 8 heteroatoms. The van der Waals surface area contributed by atoms with Crippen molar-refractivity contribution < 1.29 is 27.1 Å². The van der Waals surface area contributed by atoms with Crippen molar-refractivity contribution in [3.63, 3.8) is 0 Å². The largest absolute Gasteiger partial charge is 0.573 e. The summed E-state index contributed by atoms with van der Waals surface area (Å²) < 4.78 is 45.6. The van der Waals surface area contributed by atoms with E-state index in [4.69, 9.17) is 4.42 Å². The molecule has 3 rings (SSSR count). The number of hydrogen-bond donors (Lipinski definition) is 1. The number of nitrogens with zero attached hydrogens (tertiary/aromatic N) is 1. The zero-order chi connectivity index (χ0) is 19.4. The standard InChI is InChI=1S/C19H21F3N2O3/c1-13-8-11-26-17(13)18(25)23-15-6-9-24(10-7-15)12-14-2-4-16(5-3-14)27-19(20,21)22/h2-5,8,11,15H,6-7,9-10,12H2,1H3,(H,23,25). The summed E-state index contributed by atoms with van der Waals surface area (Å²) >= 11 is 0. The van der Waals surface area contributed by atoms with E-state index in [-0.39, 0.29) is 17.7 Å². The predicted molar refractivity (Wildman–Crippen MR) is 92.3 cm³/mol. The van der Waals surface area contributed by atoms with Crippen molar-refractivity contribution in [1.29, 1.82) is 0 Å². The summed E-state index contributed by atoms with van der Waals surface area (Å²) in [5.74, 6) is -0.0734. The lowest BCUT2D eigenvalue weighted by Gasteiger charge is -2.32. The molecule has 0 bridgehead atoms. The Hall–Kier alpha value is -2.48. The number of amides is 1. The highest BCUT2D eigenvalue weighted by Crippen LogP contribution is 2.23. The maximum absolute atomic E-state index is 12.2. The highest BCUT2D eigenvalue weighted by Gasteiger charge is 2.31. The molecule has 1 aliphatic heterocycles. The third-order valence-electron chi connectivity index (χ3n) is 4.55. The Bertz CT molecular complexity index is 763. The van der Waals surface area contributed by atoms with E-state index in [1.165, 1.54) is 18.4 Å². The zero-order valence-corrected chi connectivity index (χ0v) is 14.9. The van der Waals surface area contributed by atoms with Crippen LogP contribution in [0.25, 0.3) is 0 Å². The number of halogens is 3. The van der Waals surface area contributed by atoms with E-state index in [9.17, 15) is 18.0 Å². The average Bonchev–Trinajstić information content (AvgIpc) is 3.03. The third kappa shape index (κ3) is 5.50. The van der Waals surface area contributed by atoms with Crippen molar-refractivity contribution in [2.24, 2.45) is 0 Å². The van der Waals surface area contributed by atoms with E-state index in [1.54, 1.807) is 18.2 Å². The minimum atomic E-state index is -4.68. The molecule has 0 radical (unpaired) electrons. The SMILES string of the molecule is Cc1ccoc1C(=O)NC1CCN(Cc2ccc(OC(F)(F)F)cc2)CC1. The lowest BCUT2D eigenvalue weighted by Crippen LogP contribution is -2.44. The molecule has 2 heterocycles. The first kappa shape index (κ1) is 19.3. The van der Waals surface area contributed by atoms with Crippen LogP contribution in [0.2, 0.25) is 0 Å². The summed E-state index contributed by atoms with van der Waals surface area (Å²) in [6.45, 7) is 4.06. The molecule has 1 saturated heterocycles. The van der Waals surface area contributed by atoms with Crippen LogP contribution in [0, 0.1) is 6.92 Å². The highest BCUT2D eigenvalue weighted by molar-refractivity contribution is 5.92. The lowest BCUT2D eigenvalue weighted by atomic mass is 10.0. The number of hydrogen-bond acceptors (Lipinski definition) is 4. The van der Waals surface area contributed by atoms with Crippen molar-refractivity contribution in [2.45, 2.75) is 38.7 Å². The van der Waals surface area contributed by atoms with Crippen LogP contribution in [0.3, 0.4) is 0 Å². The maximum atomic E-state index is 12.2. The fraction of sp³-hybridized carbons (Fsp3) is 0.421. The van der Waals surface area contributed by atoms with Crippen molar-refractivity contribution in [1.82, 2.24) is 10.2 Å². The Labute approximate surface area is 155 Å². The first-order valence-electron chi connectivity index (χ1n) is 8.72. The Morgan fingerprint density at radius 3 is 2.44 bits per heavy atom. The summed E-state index contributed by atoms with van der Waals surface area (Å²) in [6.07, 6.45) is -1.57. The summed E-state index contributed by atoms with van der Waals surface area (Å²) in [5, 5.41) is 2.99. The normalized spacial score (nSPS) is 16.3. The zero-order valence-electron chi connectivity index (χ0n) is 14.9. The van der Waals surface area contributed by atoms with Gasteiger partial charge in [0.1, 0.15) is 5.75 Å². The molecule has 0 atom stereocenters. The van der Waals surface area contributed by atoms with Gasteiger partial charge in [-0.3, -0.25) is 9.69 Å². The fourth-order valence-electron chi connectivity index (χ4n) is 3.15. The summed E-state index contributed by atoms with van der Waals surface area (Å²) in [6, 6.07) is 7.75. The molecule has 27 heavy (non-hydrogen) atoms. The molecule has 1 N–H and O–H groups in total. The number of aryl methyl sites for hydroxylation is 1. The number of piperidine rings is 1. The number of nitrogens with one attached hydrogen (secondary N) is 1. The van der Waals surface area contributed by atoms with Gasteiger partial charge in [-0.1, -0.05) is 12.1 Å². The first-order chi connectivity index (χ1) is 12.8. The number of rotatable bonds is 5. The number of benzene rings is 1. The molecule has 1 aromatic heterocycles. The molecule has 0 spiro atoms. The lowest BCUT2D eigenvalue weighted by molar-refractivity contribution is -0.274. The Balaban J connectivity index is 1.45. The summed E-state index contributed by atoms with van der Waals surface area (Å²) in [7, 11) is 0. The molecule has 146 valence electrons. The molecule has 0 aliphatic carbocycles. The van der Waals surface area contributed by atoms with Crippen LogP contribution >= 0.6 is 0 Å². The second kappa shape index (κ2) is 8.04. The van der Waals surface area contributed by atoms with Crippen LogP contribution in [0.4, 0.5) is 13.2 Å². The van der Waals surface area contributed by atoms with Gasteiger partial charge in [0.25, 0.3) is 5.91 Å². The molecular formula is C19H21F3N2O3. The Morgan fingerprint density at radius 1 is 1.22 bits per heavy atom. The molecular weight excluding hydrogens is 361 g/mol. The van der Waals surface area contributed by atoms with Gasteiger partial charge < -0.3 is 14.5 Å². The minimum Gasteiger partial charge on any atom is -0.459 e. The van der Waals surface area contributed by atoms with E-state index >= 15 is 0 Å². The van der Waals surface area contributed by atoms with Gasteiger partial charge in [-0.15, -0.1) is 13.2 Å². The number of carbonyl (C=O) groups is 1. The highest BCUT2D eigenvalue weighted by atomic mass is 19.4. The van der Waals surface area contributed by atoms with E-state index in [0.717, 1.165) is 37.1 Å². The maximum Gasteiger partial charge on any atom is 0.573 e. The molecule has 2 aromatic rings. The molecule has 1 fully saturated rings. The van der Waals surface area contributed by atoms with E-state index in [0.29, 0.717) is 12.3 Å². The summed E-state index contributed by atoms with van der Waals surface area (Å²) in [4.78, 5) is 14.4. The first-order valence-corrected chi connectivity index (χ1v) is 8.72. The van der Waals surface area contributed by atoms with E-state index < -0.39 is 6.36 Å². The second-order valence-corrected chi connectivity index (χ2v) is 6.65. The average molecular weight is 382 g/mol. The van der Waals surface area contributed by atoms with Crippen LogP contribution in [0.5, 0.6) is 5.75 Å². The molecule has 1 aliphatic rings. The van der Waals surface area contributed by atoms with Crippen LogP contribution in [-0.4, -0.2) is 36.3 Å². The molecule has 1 amide bonds. The number of likely N-dealkylation sites (tertiary alicyclic amines) is 1. The van der Waals surface area contributed by atoms with Crippen LogP contribution < -0.4 is 10.1 Å². The van der Waals surface area contributed by atoms with Gasteiger partial charge in [0, 0.05) is 31.2 Å². The van der Waals surface area contributed by atoms with Crippen LogP contribution in [0.1, 0.15) is 34.5 Å². The topological polar surface area (TPSA) is 54.7 Å². The Kier molecular flexibility index (Phi) is 5.74. The van der Waals surface area contributed by atoms with Crippen LogP contribution in [-0.2, 0) is 6.54 Å². The minimum absolute atomic E-state index is 0.0841. The van der Waals surface area contributed by atoms with Gasteiger partial charge in [0.05, 0.1) is 6.26 Å². The molecule has 0 unspecified atom stereocenters. The third-order valence-corrected chi connectivity index (χ3v) is 4.55. The molecule has 5 nitrogen and oxygen atoms in total. The van der Waals surface area contributed by atoms with Crippen LogP contribution in [0.15, 0.2) is 41.0 Å². The second-order valence-electron chi connectivity index (χ2n) is 6.65. The predicted octanol–water partition coefficient (Wildman–Crippen LogP) is 3.88. The van der Waals surface area contributed by atoms with Crippen molar-refractivity contribution in [2.75, 3.05) is 13.1 Å². The smallest absolute Gasteiger partial charge is 0.459 e. The van der Waals surface area contributed by atoms with Gasteiger partial charge in [-0.2, -0.15) is 0 Å². The van der Waals surface area contributed by atoms with E-state index in [2.05, 4.69) is 15.0 Å². The number of ether oxygens (including phenoxy) is 1. The van der Waals surface area contributed by atoms with Crippen molar-refractivity contribution in [3.8, 4) is 5.75 Å². The van der Waals surface area contributed by atoms with Crippen molar-refractivity contribution >= 4 is 5.91 Å². The molecule has 0 saturated carbocycles. The molecule has 1 aromatic carbocycles. The van der Waals surface area contributed by atoms with Gasteiger partial charge >= 0.3 is 6.36 Å². The van der Waals surface area contributed by atoms with Crippen molar-refractivity contribution in [3.05, 3.63) is 53.5 Å².